The molecule has 0 spiro atoms. The largest absolute Gasteiger partial charge is 0.461 e. The molecule has 0 unspecified atom stereocenters. The molecule has 2 amide bonds. The molecule has 2 aliphatic rings. The Labute approximate surface area is 175 Å². The third kappa shape index (κ3) is 3.63. The first kappa shape index (κ1) is 18.7. The summed E-state index contributed by atoms with van der Waals surface area (Å²) in [5.41, 5.74) is 3.55. The van der Waals surface area contributed by atoms with E-state index in [1.165, 1.54) is 0 Å². The van der Waals surface area contributed by atoms with Crippen molar-refractivity contribution >= 4 is 17.5 Å². The predicted molar refractivity (Wildman–Crippen MR) is 115 cm³/mol. The second-order valence-corrected chi connectivity index (χ2v) is 8.10. The minimum atomic E-state index is 0.0514. The first-order chi connectivity index (χ1) is 14.7. The third-order valence-electron chi connectivity index (χ3n) is 6.09. The van der Waals surface area contributed by atoms with Crippen LogP contribution in [0.5, 0.6) is 0 Å². The number of fused-ring (bicyclic) bond motifs is 1. The first-order valence-corrected chi connectivity index (χ1v) is 10.5. The average molecular weight is 400 g/mol. The topological polar surface area (TPSA) is 62.6 Å². The molecule has 5 nitrogen and oxygen atoms in total. The fraction of sp³-hybridized carbons (Fsp3) is 0.280. The number of nitrogens with one attached hydrogen (secondary N) is 1. The van der Waals surface area contributed by atoms with Gasteiger partial charge in [-0.3, -0.25) is 9.59 Å². The number of anilines is 1. The molecule has 3 aromatic rings. The van der Waals surface area contributed by atoms with Gasteiger partial charge in [-0.05, 0) is 55.3 Å². The summed E-state index contributed by atoms with van der Waals surface area (Å²) >= 11 is 0. The van der Waals surface area contributed by atoms with Crippen LogP contribution in [0.15, 0.2) is 65.1 Å². The Bertz CT molecular complexity index is 1070. The van der Waals surface area contributed by atoms with Crippen LogP contribution in [0.3, 0.4) is 0 Å². The Morgan fingerprint density at radius 1 is 1.00 bits per heavy atom. The van der Waals surface area contributed by atoms with Crippen LogP contribution < -0.4 is 5.32 Å². The van der Waals surface area contributed by atoms with Crippen molar-refractivity contribution in [2.24, 2.45) is 5.92 Å². The van der Waals surface area contributed by atoms with Gasteiger partial charge in [0.05, 0.1) is 0 Å². The Hall–Kier alpha value is -3.34. The number of carbonyl (C=O) groups excluding carboxylic acids is 2. The van der Waals surface area contributed by atoms with Crippen molar-refractivity contribution in [1.29, 1.82) is 0 Å². The lowest BCUT2D eigenvalue weighted by Crippen LogP contribution is -2.35. The van der Waals surface area contributed by atoms with E-state index in [-0.39, 0.29) is 17.7 Å². The fourth-order valence-electron chi connectivity index (χ4n) is 4.04. The molecule has 1 N–H and O–H groups in total. The number of carbonyl (C=O) groups is 2. The number of hydrogen-bond acceptors (Lipinski definition) is 3. The molecule has 1 aliphatic carbocycles. The molecule has 1 aliphatic heterocycles. The zero-order chi connectivity index (χ0) is 20.5. The van der Waals surface area contributed by atoms with E-state index in [2.05, 4.69) is 5.32 Å². The molecule has 0 atom stereocenters. The summed E-state index contributed by atoms with van der Waals surface area (Å²) in [5, 5.41) is 2.99. The van der Waals surface area contributed by atoms with Crippen molar-refractivity contribution in [1.82, 2.24) is 4.90 Å². The van der Waals surface area contributed by atoms with Crippen molar-refractivity contribution in [3.05, 3.63) is 77.6 Å². The van der Waals surface area contributed by atoms with Crippen LogP contribution in [0.2, 0.25) is 0 Å². The minimum Gasteiger partial charge on any atom is -0.461 e. The van der Waals surface area contributed by atoms with Gasteiger partial charge in [-0.15, -0.1) is 0 Å². The molecule has 5 heteroatoms. The lowest BCUT2D eigenvalue weighted by atomic mass is 9.85. The molecule has 0 radical (unpaired) electrons. The van der Waals surface area contributed by atoms with Gasteiger partial charge < -0.3 is 14.6 Å². The number of nitrogens with zero attached hydrogens (tertiary/aromatic N) is 1. The van der Waals surface area contributed by atoms with Crippen LogP contribution in [0.25, 0.3) is 11.3 Å². The number of hydrogen-bond donors (Lipinski definition) is 1. The van der Waals surface area contributed by atoms with Crippen LogP contribution in [0.1, 0.15) is 40.9 Å². The molecule has 2 heterocycles. The highest BCUT2D eigenvalue weighted by Crippen LogP contribution is 2.31. The Morgan fingerprint density at radius 3 is 2.47 bits per heavy atom. The number of rotatable bonds is 4. The summed E-state index contributed by atoms with van der Waals surface area (Å²) in [6.07, 6.45) is 3.84. The lowest BCUT2D eigenvalue weighted by molar-refractivity contribution is -0.122. The third-order valence-corrected chi connectivity index (χ3v) is 6.09. The normalized spacial score (nSPS) is 15.9. The van der Waals surface area contributed by atoms with Crippen LogP contribution >= 0.6 is 0 Å². The summed E-state index contributed by atoms with van der Waals surface area (Å²) in [7, 11) is 0. The Balaban J connectivity index is 1.28. The van der Waals surface area contributed by atoms with Gasteiger partial charge in [0.25, 0.3) is 5.91 Å². The SMILES string of the molecule is O=C(Nc1ccc(-c2cc3c(o2)CCN(C(=O)c2ccccc2)C3)cc1)C1CCC1. The predicted octanol–water partition coefficient (Wildman–Crippen LogP) is 4.88. The molecule has 30 heavy (non-hydrogen) atoms. The van der Waals surface area contributed by atoms with Gasteiger partial charge in [0, 0.05) is 47.8 Å². The number of amides is 2. The summed E-state index contributed by atoms with van der Waals surface area (Å²) in [4.78, 5) is 26.7. The Morgan fingerprint density at radius 2 is 1.77 bits per heavy atom. The first-order valence-electron chi connectivity index (χ1n) is 10.5. The molecule has 152 valence electrons. The maximum Gasteiger partial charge on any atom is 0.254 e. The van der Waals surface area contributed by atoms with Crippen molar-refractivity contribution in [3.63, 3.8) is 0 Å². The average Bonchev–Trinajstić information content (AvgIpc) is 3.16. The molecular formula is C25H24N2O3. The highest BCUT2D eigenvalue weighted by Gasteiger charge is 2.26. The highest BCUT2D eigenvalue weighted by molar-refractivity contribution is 5.94. The van der Waals surface area contributed by atoms with Crippen molar-refractivity contribution < 1.29 is 14.0 Å². The van der Waals surface area contributed by atoms with Gasteiger partial charge in [0.15, 0.2) is 0 Å². The van der Waals surface area contributed by atoms with E-state index in [9.17, 15) is 9.59 Å². The van der Waals surface area contributed by atoms with Crippen LogP contribution in [0.4, 0.5) is 5.69 Å². The summed E-state index contributed by atoms with van der Waals surface area (Å²) in [6.45, 7) is 1.21. The molecular weight excluding hydrogens is 376 g/mol. The van der Waals surface area contributed by atoms with Gasteiger partial charge in [0.1, 0.15) is 11.5 Å². The zero-order valence-corrected chi connectivity index (χ0v) is 16.8. The summed E-state index contributed by atoms with van der Waals surface area (Å²) in [5.74, 6) is 2.08. The molecule has 1 aromatic heterocycles. The molecule has 0 saturated heterocycles. The number of benzene rings is 2. The van der Waals surface area contributed by atoms with E-state index in [1.54, 1.807) is 0 Å². The maximum atomic E-state index is 12.7. The molecule has 0 bridgehead atoms. The van der Waals surface area contributed by atoms with Crippen molar-refractivity contribution in [2.45, 2.75) is 32.2 Å². The van der Waals surface area contributed by atoms with Crippen LogP contribution in [-0.4, -0.2) is 23.3 Å². The molecule has 1 saturated carbocycles. The fourth-order valence-corrected chi connectivity index (χ4v) is 4.04. The van der Waals surface area contributed by atoms with Gasteiger partial charge in [-0.25, -0.2) is 0 Å². The van der Waals surface area contributed by atoms with E-state index in [0.29, 0.717) is 25.1 Å². The van der Waals surface area contributed by atoms with Gasteiger partial charge in [-0.1, -0.05) is 24.6 Å². The van der Waals surface area contributed by atoms with E-state index in [0.717, 1.165) is 47.6 Å². The highest BCUT2D eigenvalue weighted by atomic mass is 16.3. The van der Waals surface area contributed by atoms with Gasteiger partial charge in [-0.2, -0.15) is 0 Å². The van der Waals surface area contributed by atoms with Crippen LogP contribution in [0, 0.1) is 5.92 Å². The van der Waals surface area contributed by atoms with E-state index >= 15 is 0 Å². The standard InChI is InChI=1S/C25H24N2O3/c28-24(18-7-4-8-18)26-21-11-9-17(10-12-21)23-15-20-16-27(14-13-22(20)30-23)25(29)19-5-2-1-3-6-19/h1-3,5-6,9-12,15,18H,4,7-8,13-14,16H2,(H,26,28). The molecule has 1 fully saturated rings. The van der Waals surface area contributed by atoms with Gasteiger partial charge >= 0.3 is 0 Å². The van der Waals surface area contributed by atoms with E-state index in [4.69, 9.17) is 4.42 Å². The maximum absolute atomic E-state index is 12.7. The van der Waals surface area contributed by atoms with Gasteiger partial charge in [0.2, 0.25) is 5.91 Å². The van der Waals surface area contributed by atoms with Crippen molar-refractivity contribution in [3.8, 4) is 11.3 Å². The summed E-state index contributed by atoms with van der Waals surface area (Å²) in [6, 6.07) is 19.2. The monoisotopic (exact) mass is 400 g/mol. The van der Waals surface area contributed by atoms with Crippen LogP contribution in [-0.2, 0) is 17.8 Å². The molecule has 5 rings (SSSR count). The lowest BCUT2D eigenvalue weighted by Gasteiger charge is -2.26. The quantitative estimate of drug-likeness (QED) is 0.679. The zero-order valence-electron chi connectivity index (χ0n) is 16.8. The minimum absolute atomic E-state index is 0.0514. The summed E-state index contributed by atoms with van der Waals surface area (Å²) < 4.78 is 6.09. The van der Waals surface area contributed by atoms with Crippen molar-refractivity contribution in [2.75, 3.05) is 11.9 Å². The smallest absolute Gasteiger partial charge is 0.254 e. The number of furan rings is 1. The second kappa shape index (κ2) is 7.82. The molecule has 2 aromatic carbocycles. The van der Waals surface area contributed by atoms with E-state index < -0.39 is 0 Å². The second-order valence-electron chi connectivity index (χ2n) is 8.10. The van der Waals surface area contributed by atoms with E-state index in [1.807, 2.05) is 65.6 Å². The Kier molecular flexibility index (Phi) is 4.87.